The third kappa shape index (κ3) is 2.51. The van der Waals surface area contributed by atoms with Gasteiger partial charge in [0, 0.05) is 5.56 Å². The maximum absolute atomic E-state index is 11.1. The van der Waals surface area contributed by atoms with E-state index >= 15 is 0 Å². The lowest BCUT2D eigenvalue weighted by Crippen LogP contribution is -2.34. The van der Waals surface area contributed by atoms with Crippen molar-refractivity contribution in [2.45, 2.75) is 51.0 Å². The molecule has 3 rings (SSSR count). The predicted molar refractivity (Wildman–Crippen MR) is 76.3 cm³/mol. The first-order chi connectivity index (χ1) is 9.12. The molecule has 0 aromatic heterocycles. The van der Waals surface area contributed by atoms with Gasteiger partial charge < -0.3 is 9.84 Å². The smallest absolute Gasteiger partial charge is 0.124 e. The quantitative estimate of drug-likeness (QED) is 0.896. The molecule has 2 fully saturated rings. The number of ether oxygens (including phenoxy) is 1. The van der Waals surface area contributed by atoms with E-state index in [0.717, 1.165) is 36.5 Å². The van der Waals surface area contributed by atoms with Gasteiger partial charge in [-0.25, -0.2) is 0 Å². The SMILES string of the molecule is COc1ccc(C)cc1C1(O)CCCC(C2CC2)C1. The number of hydrogen-bond acceptors (Lipinski definition) is 2. The first-order valence-electron chi connectivity index (χ1n) is 7.50. The average Bonchev–Trinajstić information content (AvgIpc) is 3.23. The molecule has 0 bridgehead atoms. The van der Waals surface area contributed by atoms with Crippen LogP contribution in [0.2, 0.25) is 0 Å². The van der Waals surface area contributed by atoms with Gasteiger partial charge in [0.15, 0.2) is 0 Å². The second-order valence-corrected chi connectivity index (χ2v) is 6.43. The molecule has 0 spiro atoms. The lowest BCUT2D eigenvalue weighted by atomic mass is 9.72. The van der Waals surface area contributed by atoms with E-state index in [0.29, 0.717) is 5.92 Å². The van der Waals surface area contributed by atoms with E-state index < -0.39 is 5.60 Å². The van der Waals surface area contributed by atoms with Gasteiger partial charge in [0.05, 0.1) is 12.7 Å². The summed E-state index contributed by atoms with van der Waals surface area (Å²) in [7, 11) is 1.69. The van der Waals surface area contributed by atoms with Crippen molar-refractivity contribution in [1.29, 1.82) is 0 Å². The predicted octanol–water partition coefficient (Wildman–Crippen LogP) is 3.79. The highest BCUT2D eigenvalue weighted by Gasteiger charge is 2.43. The number of methoxy groups -OCH3 is 1. The molecule has 0 aliphatic heterocycles. The van der Waals surface area contributed by atoms with Crippen LogP contribution >= 0.6 is 0 Å². The van der Waals surface area contributed by atoms with Crippen LogP contribution in [0.15, 0.2) is 18.2 Å². The number of aryl methyl sites for hydroxylation is 1. The molecule has 104 valence electrons. The van der Waals surface area contributed by atoms with E-state index in [9.17, 15) is 5.11 Å². The molecule has 2 nitrogen and oxygen atoms in total. The Hall–Kier alpha value is -1.02. The number of benzene rings is 1. The van der Waals surface area contributed by atoms with Gasteiger partial charge in [-0.2, -0.15) is 0 Å². The minimum atomic E-state index is -0.678. The molecule has 2 atom stereocenters. The van der Waals surface area contributed by atoms with Gasteiger partial charge in [0.25, 0.3) is 0 Å². The fraction of sp³-hybridized carbons (Fsp3) is 0.647. The lowest BCUT2D eigenvalue weighted by molar-refractivity contribution is -0.0268. The van der Waals surface area contributed by atoms with Crippen molar-refractivity contribution in [3.63, 3.8) is 0 Å². The molecule has 19 heavy (non-hydrogen) atoms. The Morgan fingerprint density at radius 2 is 2.00 bits per heavy atom. The second kappa shape index (κ2) is 4.82. The normalized spacial score (nSPS) is 31.2. The molecule has 0 saturated heterocycles. The van der Waals surface area contributed by atoms with Gasteiger partial charge in [0.2, 0.25) is 0 Å². The number of aliphatic hydroxyl groups is 1. The molecule has 2 heteroatoms. The zero-order valence-electron chi connectivity index (χ0n) is 12.0. The topological polar surface area (TPSA) is 29.5 Å². The molecule has 2 aliphatic rings. The van der Waals surface area contributed by atoms with Crippen molar-refractivity contribution in [2.75, 3.05) is 7.11 Å². The van der Waals surface area contributed by atoms with E-state index in [1.165, 1.54) is 24.8 Å². The number of rotatable bonds is 3. The number of hydrogen-bond donors (Lipinski definition) is 1. The first-order valence-corrected chi connectivity index (χ1v) is 7.50. The Labute approximate surface area is 115 Å². The summed E-state index contributed by atoms with van der Waals surface area (Å²) in [6.07, 6.45) is 6.95. The van der Waals surface area contributed by atoms with Crippen LogP contribution in [0.5, 0.6) is 5.75 Å². The highest BCUT2D eigenvalue weighted by atomic mass is 16.5. The van der Waals surface area contributed by atoms with E-state index in [-0.39, 0.29) is 0 Å². The molecule has 2 unspecified atom stereocenters. The molecule has 1 N–H and O–H groups in total. The maximum atomic E-state index is 11.1. The molecule has 0 heterocycles. The van der Waals surface area contributed by atoms with Crippen molar-refractivity contribution in [2.24, 2.45) is 11.8 Å². The van der Waals surface area contributed by atoms with Crippen molar-refractivity contribution in [1.82, 2.24) is 0 Å². The summed E-state index contributed by atoms with van der Waals surface area (Å²) in [6.45, 7) is 2.08. The lowest BCUT2D eigenvalue weighted by Gasteiger charge is -2.38. The summed E-state index contributed by atoms with van der Waals surface area (Å²) in [5.41, 5.74) is 1.51. The summed E-state index contributed by atoms with van der Waals surface area (Å²) in [5.74, 6) is 2.43. The van der Waals surface area contributed by atoms with Crippen LogP contribution in [0.4, 0.5) is 0 Å². The van der Waals surface area contributed by atoms with Gasteiger partial charge >= 0.3 is 0 Å². The molecule has 2 saturated carbocycles. The van der Waals surface area contributed by atoms with Crippen LogP contribution in [0, 0.1) is 18.8 Å². The van der Waals surface area contributed by atoms with Crippen LogP contribution in [0.25, 0.3) is 0 Å². The summed E-state index contributed by atoms with van der Waals surface area (Å²) in [6, 6.07) is 6.14. The van der Waals surface area contributed by atoms with Crippen molar-refractivity contribution in [3.8, 4) is 5.75 Å². The maximum Gasteiger partial charge on any atom is 0.124 e. The Morgan fingerprint density at radius 1 is 1.21 bits per heavy atom. The summed E-state index contributed by atoms with van der Waals surface area (Å²) in [5, 5.41) is 11.1. The zero-order chi connectivity index (χ0) is 13.5. The van der Waals surface area contributed by atoms with Gasteiger partial charge in [-0.05, 0) is 69.4 Å². The molecule has 2 aliphatic carbocycles. The molecular formula is C17H24O2. The minimum absolute atomic E-state index is 0.678. The summed E-state index contributed by atoms with van der Waals surface area (Å²) >= 11 is 0. The molecule has 1 aromatic rings. The van der Waals surface area contributed by atoms with Crippen LogP contribution in [-0.2, 0) is 5.60 Å². The Kier molecular flexibility index (Phi) is 3.30. The van der Waals surface area contributed by atoms with E-state index in [1.54, 1.807) is 7.11 Å². The van der Waals surface area contributed by atoms with Gasteiger partial charge in [-0.3, -0.25) is 0 Å². The third-order valence-electron chi connectivity index (χ3n) is 4.91. The van der Waals surface area contributed by atoms with Crippen molar-refractivity contribution < 1.29 is 9.84 Å². The second-order valence-electron chi connectivity index (χ2n) is 6.43. The van der Waals surface area contributed by atoms with E-state index in [2.05, 4.69) is 13.0 Å². The Balaban J connectivity index is 1.91. The summed E-state index contributed by atoms with van der Waals surface area (Å²) in [4.78, 5) is 0. The van der Waals surface area contributed by atoms with Crippen molar-refractivity contribution in [3.05, 3.63) is 29.3 Å². The minimum Gasteiger partial charge on any atom is -0.496 e. The van der Waals surface area contributed by atoms with Gasteiger partial charge in [-0.15, -0.1) is 0 Å². The van der Waals surface area contributed by atoms with Crippen LogP contribution in [0.1, 0.15) is 49.7 Å². The molecular weight excluding hydrogens is 236 g/mol. The van der Waals surface area contributed by atoms with Crippen molar-refractivity contribution >= 4 is 0 Å². The molecule has 0 radical (unpaired) electrons. The Morgan fingerprint density at radius 3 is 2.68 bits per heavy atom. The van der Waals surface area contributed by atoms with E-state index in [4.69, 9.17) is 4.74 Å². The Bertz CT molecular complexity index is 464. The summed E-state index contributed by atoms with van der Waals surface area (Å²) < 4.78 is 5.47. The monoisotopic (exact) mass is 260 g/mol. The highest BCUT2D eigenvalue weighted by molar-refractivity contribution is 5.41. The van der Waals surface area contributed by atoms with Crippen LogP contribution < -0.4 is 4.74 Å². The van der Waals surface area contributed by atoms with Crippen LogP contribution in [-0.4, -0.2) is 12.2 Å². The van der Waals surface area contributed by atoms with Gasteiger partial charge in [0.1, 0.15) is 5.75 Å². The first kappa shape index (κ1) is 13.0. The highest BCUT2D eigenvalue weighted by Crippen LogP contribution is 2.50. The largest absolute Gasteiger partial charge is 0.496 e. The fourth-order valence-electron chi connectivity index (χ4n) is 3.69. The zero-order valence-corrected chi connectivity index (χ0v) is 12.0. The fourth-order valence-corrected chi connectivity index (χ4v) is 3.69. The molecule has 0 amide bonds. The third-order valence-corrected chi connectivity index (χ3v) is 4.91. The van der Waals surface area contributed by atoms with E-state index in [1.807, 2.05) is 12.1 Å². The molecule has 1 aromatic carbocycles. The van der Waals surface area contributed by atoms with Gasteiger partial charge in [-0.1, -0.05) is 11.6 Å². The van der Waals surface area contributed by atoms with Crippen LogP contribution in [0.3, 0.4) is 0 Å². The average molecular weight is 260 g/mol. The standard InChI is InChI=1S/C17H24O2/c1-12-5-8-16(19-2)15(10-12)17(18)9-3-4-14(11-17)13-6-7-13/h5,8,10,13-14,18H,3-4,6-7,9,11H2,1-2H3.